The van der Waals surface area contributed by atoms with Crippen molar-refractivity contribution in [3.8, 4) is 11.5 Å². The lowest BCUT2D eigenvalue weighted by atomic mass is 10.3. The van der Waals surface area contributed by atoms with Crippen LogP contribution in [0.3, 0.4) is 0 Å². The monoisotopic (exact) mass is 204 g/mol. The van der Waals surface area contributed by atoms with Crippen LogP contribution in [0, 0.1) is 0 Å². The van der Waals surface area contributed by atoms with Gasteiger partial charge >= 0.3 is 7.60 Å². The Morgan fingerprint density at radius 1 is 1.25 bits per heavy atom. The van der Waals surface area contributed by atoms with Crippen LogP contribution in [0.2, 0.25) is 0 Å². The molecule has 0 aliphatic carbocycles. The van der Waals surface area contributed by atoms with Gasteiger partial charge in [0.2, 0.25) is 0 Å². The Hall–Kier alpha value is -0.660. The largest absolute Gasteiger partial charge is 0.445 e. The second-order valence-electron chi connectivity index (χ2n) is 2.36. The first-order valence-corrected chi connectivity index (χ1v) is 5.63. The summed E-state index contributed by atoms with van der Waals surface area (Å²) in [7, 11) is -3.07. The van der Waals surface area contributed by atoms with E-state index in [1.165, 1.54) is 0 Å². The summed E-state index contributed by atoms with van der Waals surface area (Å²) < 4.78 is 21.6. The lowest BCUT2D eigenvalue weighted by Crippen LogP contribution is -1.91. The SMILES string of the molecule is O=P1(CCl)Oc2ccccc2O1. The zero-order chi connectivity index (χ0) is 8.60. The zero-order valence-corrected chi connectivity index (χ0v) is 7.72. The van der Waals surface area contributed by atoms with Gasteiger partial charge < -0.3 is 9.05 Å². The van der Waals surface area contributed by atoms with Gasteiger partial charge in [-0.1, -0.05) is 12.1 Å². The van der Waals surface area contributed by atoms with Gasteiger partial charge in [0.1, 0.15) is 5.62 Å². The number of hydrogen-bond donors (Lipinski definition) is 0. The average Bonchev–Trinajstić information content (AvgIpc) is 2.42. The highest BCUT2D eigenvalue weighted by molar-refractivity contribution is 7.56. The molecule has 2 rings (SSSR count). The summed E-state index contributed by atoms with van der Waals surface area (Å²) in [5, 5.41) is 0. The Balaban J connectivity index is 2.39. The molecule has 0 spiro atoms. The zero-order valence-electron chi connectivity index (χ0n) is 6.07. The average molecular weight is 205 g/mol. The first-order valence-electron chi connectivity index (χ1n) is 3.37. The van der Waals surface area contributed by atoms with Gasteiger partial charge in [-0.3, -0.25) is 0 Å². The van der Waals surface area contributed by atoms with Crippen LogP contribution in [-0.2, 0) is 4.57 Å². The van der Waals surface area contributed by atoms with E-state index < -0.39 is 7.60 Å². The maximum absolute atomic E-state index is 11.5. The van der Waals surface area contributed by atoms with Crippen molar-refractivity contribution in [3.05, 3.63) is 24.3 Å². The van der Waals surface area contributed by atoms with E-state index in [1.807, 2.05) is 0 Å². The van der Waals surface area contributed by atoms with E-state index in [2.05, 4.69) is 0 Å². The Labute approximate surface area is 74.8 Å². The van der Waals surface area contributed by atoms with Crippen molar-refractivity contribution in [2.45, 2.75) is 0 Å². The fourth-order valence-corrected chi connectivity index (χ4v) is 2.30. The summed E-state index contributed by atoms with van der Waals surface area (Å²) in [4.78, 5) is 0. The molecule has 1 aliphatic rings. The van der Waals surface area contributed by atoms with Gasteiger partial charge in [-0.2, -0.15) is 0 Å². The molecule has 1 aromatic carbocycles. The molecule has 3 nitrogen and oxygen atoms in total. The maximum Gasteiger partial charge on any atom is 0.445 e. The van der Waals surface area contributed by atoms with E-state index in [4.69, 9.17) is 20.6 Å². The highest BCUT2D eigenvalue weighted by Crippen LogP contribution is 2.58. The van der Waals surface area contributed by atoms with E-state index in [9.17, 15) is 4.57 Å². The van der Waals surface area contributed by atoms with Gasteiger partial charge in [0, 0.05) is 0 Å². The van der Waals surface area contributed by atoms with E-state index in [0.717, 1.165) is 0 Å². The Morgan fingerprint density at radius 2 is 1.75 bits per heavy atom. The summed E-state index contributed by atoms with van der Waals surface area (Å²) in [6.45, 7) is 0. The summed E-state index contributed by atoms with van der Waals surface area (Å²) >= 11 is 5.43. The standard InChI is InChI=1S/C7H6ClO3P/c8-5-12(9)10-6-3-1-2-4-7(6)11-12/h1-4H,5H2. The highest BCUT2D eigenvalue weighted by Gasteiger charge is 2.34. The van der Waals surface area contributed by atoms with Crippen LogP contribution >= 0.6 is 19.2 Å². The Kier molecular flexibility index (Phi) is 1.78. The van der Waals surface area contributed by atoms with Crippen LogP contribution in [0.1, 0.15) is 0 Å². The predicted molar refractivity (Wildman–Crippen MR) is 46.0 cm³/mol. The number of rotatable bonds is 1. The number of hydrogen-bond acceptors (Lipinski definition) is 3. The molecule has 0 atom stereocenters. The lowest BCUT2D eigenvalue weighted by Gasteiger charge is -2.03. The minimum atomic E-state index is -3.07. The Bertz CT molecular complexity index is 323. The molecule has 64 valence electrons. The van der Waals surface area contributed by atoms with Gasteiger partial charge in [0.15, 0.2) is 11.5 Å². The topological polar surface area (TPSA) is 35.5 Å². The summed E-state index contributed by atoms with van der Waals surface area (Å²) in [5.74, 6) is 1.00. The first kappa shape index (κ1) is 7.96. The normalized spacial score (nSPS) is 17.8. The van der Waals surface area contributed by atoms with Crippen molar-refractivity contribution in [3.63, 3.8) is 0 Å². The van der Waals surface area contributed by atoms with Gasteiger partial charge in [-0.25, -0.2) is 4.57 Å². The van der Waals surface area contributed by atoms with Crippen LogP contribution in [0.4, 0.5) is 0 Å². The molecule has 0 bridgehead atoms. The molecule has 12 heavy (non-hydrogen) atoms. The molecule has 0 saturated heterocycles. The van der Waals surface area contributed by atoms with Crippen LogP contribution < -0.4 is 9.05 Å². The molecular weight excluding hydrogens is 199 g/mol. The molecule has 5 heteroatoms. The molecule has 1 aliphatic heterocycles. The maximum atomic E-state index is 11.5. The molecule has 0 N–H and O–H groups in total. The smallest absolute Gasteiger partial charge is 0.411 e. The third-order valence-electron chi connectivity index (χ3n) is 1.47. The van der Waals surface area contributed by atoms with E-state index in [0.29, 0.717) is 11.5 Å². The molecule has 0 saturated carbocycles. The molecule has 1 heterocycles. The van der Waals surface area contributed by atoms with Crippen LogP contribution in [0.25, 0.3) is 0 Å². The van der Waals surface area contributed by atoms with E-state index >= 15 is 0 Å². The summed E-state index contributed by atoms with van der Waals surface area (Å²) in [6, 6.07) is 6.96. The number of alkyl halides is 1. The molecular formula is C7H6ClO3P. The number of benzene rings is 1. The van der Waals surface area contributed by atoms with Crippen molar-refractivity contribution in [1.29, 1.82) is 0 Å². The van der Waals surface area contributed by atoms with Crippen molar-refractivity contribution in [2.24, 2.45) is 0 Å². The minimum absolute atomic E-state index is 0.123. The molecule has 0 unspecified atom stereocenters. The second kappa shape index (κ2) is 2.68. The molecule has 1 aromatic rings. The van der Waals surface area contributed by atoms with Crippen LogP contribution in [0.5, 0.6) is 11.5 Å². The first-order chi connectivity index (χ1) is 5.73. The summed E-state index contributed by atoms with van der Waals surface area (Å²) in [6.07, 6.45) is 0. The molecule has 0 fully saturated rings. The molecule has 0 aromatic heterocycles. The van der Waals surface area contributed by atoms with Gasteiger partial charge in [0.05, 0.1) is 0 Å². The Morgan fingerprint density at radius 3 is 2.17 bits per heavy atom. The van der Waals surface area contributed by atoms with Gasteiger partial charge in [-0.15, -0.1) is 11.6 Å². The van der Waals surface area contributed by atoms with Gasteiger partial charge in [-0.05, 0) is 12.1 Å². The number of halogens is 1. The fourth-order valence-electron chi connectivity index (χ4n) is 0.968. The number of para-hydroxylation sites is 2. The number of fused-ring (bicyclic) bond motifs is 1. The highest BCUT2D eigenvalue weighted by atomic mass is 35.5. The molecule has 0 amide bonds. The van der Waals surface area contributed by atoms with Crippen molar-refractivity contribution in [1.82, 2.24) is 0 Å². The van der Waals surface area contributed by atoms with Crippen molar-refractivity contribution >= 4 is 19.2 Å². The van der Waals surface area contributed by atoms with Gasteiger partial charge in [0.25, 0.3) is 0 Å². The quantitative estimate of drug-likeness (QED) is 0.521. The van der Waals surface area contributed by atoms with Crippen LogP contribution in [0.15, 0.2) is 24.3 Å². The predicted octanol–water partition coefficient (Wildman–Crippen LogP) is 2.85. The second-order valence-corrected chi connectivity index (χ2v) is 4.90. The van der Waals surface area contributed by atoms with E-state index in [1.54, 1.807) is 24.3 Å². The third-order valence-corrected chi connectivity index (χ3v) is 3.59. The van der Waals surface area contributed by atoms with Crippen molar-refractivity contribution in [2.75, 3.05) is 5.62 Å². The van der Waals surface area contributed by atoms with E-state index in [-0.39, 0.29) is 5.62 Å². The summed E-state index contributed by atoms with van der Waals surface area (Å²) in [5.41, 5.74) is -0.123. The third kappa shape index (κ3) is 1.19. The van der Waals surface area contributed by atoms with Crippen LogP contribution in [-0.4, -0.2) is 5.62 Å². The van der Waals surface area contributed by atoms with Crippen molar-refractivity contribution < 1.29 is 13.6 Å². The lowest BCUT2D eigenvalue weighted by molar-refractivity contribution is 0.437. The molecule has 0 radical (unpaired) electrons. The minimum Gasteiger partial charge on any atom is -0.411 e. The fraction of sp³-hybridized carbons (Fsp3) is 0.143.